The second-order valence-corrected chi connectivity index (χ2v) is 4.09. The molecule has 0 unspecified atom stereocenters. The van der Waals surface area contributed by atoms with Crippen LogP contribution in [0.25, 0.3) is 22.2 Å². The van der Waals surface area contributed by atoms with Crippen molar-refractivity contribution in [3.63, 3.8) is 0 Å². The molecule has 1 aliphatic heterocycles. The minimum atomic E-state index is -1.12. The fourth-order valence-corrected chi connectivity index (χ4v) is 2.19. The molecule has 1 aromatic rings. The van der Waals surface area contributed by atoms with Gasteiger partial charge in [0.25, 0.3) is 0 Å². The Morgan fingerprint density at radius 3 is 2.63 bits per heavy atom. The highest BCUT2D eigenvalue weighted by Crippen LogP contribution is 2.29. The van der Waals surface area contributed by atoms with E-state index in [0.717, 1.165) is 10.9 Å². The second kappa shape index (κ2) is 4.13. The summed E-state index contributed by atoms with van der Waals surface area (Å²) in [4.78, 5) is 22.8. The summed E-state index contributed by atoms with van der Waals surface area (Å²) in [6.07, 6.45) is -1.93. The number of benzene rings is 1. The minimum Gasteiger partial charge on any atom is -0.359 e. The third-order valence-electron chi connectivity index (χ3n) is 2.93. The van der Waals surface area contributed by atoms with Gasteiger partial charge in [0.05, 0.1) is 11.2 Å². The molecule has 3 rings (SSSR count). The van der Waals surface area contributed by atoms with E-state index in [4.69, 9.17) is 5.73 Å². The van der Waals surface area contributed by atoms with E-state index in [0.29, 0.717) is 11.2 Å². The van der Waals surface area contributed by atoms with Gasteiger partial charge in [0.15, 0.2) is 0 Å². The summed E-state index contributed by atoms with van der Waals surface area (Å²) in [7, 11) is 0. The highest BCUT2D eigenvalue weighted by molar-refractivity contribution is 5.97. The van der Waals surface area contributed by atoms with Crippen LogP contribution in [-0.2, 0) is 4.74 Å². The zero-order valence-corrected chi connectivity index (χ0v) is 9.87. The number of hydrogen-bond acceptors (Lipinski definition) is 3. The molecule has 1 amide bonds. The number of pyridine rings is 1. The van der Waals surface area contributed by atoms with Crippen LogP contribution >= 0.6 is 0 Å². The third kappa shape index (κ3) is 1.81. The summed E-state index contributed by atoms with van der Waals surface area (Å²) in [5, 5.41) is 0.877. The molecular weight excluding hydrogens is 244 g/mol. The van der Waals surface area contributed by atoms with Crippen LogP contribution in [0.5, 0.6) is 0 Å². The Balaban J connectivity index is 2.32. The van der Waals surface area contributed by atoms with E-state index in [1.807, 2.05) is 36.4 Å². The molecule has 0 aromatic heterocycles. The monoisotopic (exact) mass is 254 g/mol. The van der Waals surface area contributed by atoms with Crippen molar-refractivity contribution < 1.29 is 14.3 Å². The lowest BCUT2D eigenvalue weighted by molar-refractivity contribution is 0.159. The normalized spacial score (nSPS) is 10.7. The molecule has 0 spiro atoms. The average molecular weight is 254 g/mol. The zero-order chi connectivity index (χ0) is 13.4. The van der Waals surface area contributed by atoms with Gasteiger partial charge in [-0.25, -0.2) is 14.2 Å². The topological polar surface area (TPSA) is 74.3 Å². The molecule has 0 bridgehead atoms. The van der Waals surface area contributed by atoms with E-state index >= 15 is 0 Å². The van der Waals surface area contributed by atoms with Gasteiger partial charge in [-0.15, -0.1) is 0 Å². The number of rotatable bonds is 0. The Morgan fingerprint density at radius 2 is 1.84 bits per heavy atom. The number of primary amides is 1. The number of fused-ring (bicyclic) bond motifs is 2. The molecule has 0 saturated heterocycles. The number of amides is 1. The van der Waals surface area contributed by atoms with Crippen LogP contribution < -0.4 is 5.73 Å². The predicted octanol–water partition coefficient (Wildman–Crippen LogP) is 2.81. The molecule has 0 saturated carbocycles. The van der Waals surface area contributed by atoms with Crippen molar-refractivity contribution in [2.75, 3.05) is 0 Å². The van der Waals surface area contributed by atoms with Gasteiger partial charge in [0, 0.05) is 0 Å². The van der Waals surface area contributed by atoms with E-state index < -0.39 is 12.2 Å². The molecule has 0 atom stereocenters. The first-order chi connectivity index (χ1) is 9.16. The van der Waals surface area contributed by atoms with Crippen LogP contribution in [0.1, 0.15) is 0 Å². The van der Waals surface area contributed by atoms with Crippen molar-refractivity contribution >= 4 is 23.1 Å². The lowest BCUT2D eigenvalue weighted by Crippen LogP contribution is -2.24. The molecular formula is C14H10N2O3. The quantitative estimate of drug-likeness (QED) is 0.627. The summed E-state index contributed by atoms with van der Waals surface area (Å²) < 4.78 is 5.83. The zero-order valence-electron chi connectivity index (χ0n) is 9.87. The summed E-state index contributed by atoms with van der Waals surface area (Å²) in [6.45, 7) is 0. The van der Waals surface area contributed by atoms with E-state index in [1.54, 1.807) is 12.1 Å². The molecule has 0 radical (unpaired) electrons. The van der Waals surface area contributed by atoms with Gasteiger partial charge in [-0.2, -0.15) is 0 Å². The van der Waals surface area contributed by atoms with Gasteiger partial charge in [-0.05, 0) is 29.1 Å². The molecule has 1 heterocycles. The Morgan fingerprint density at radius 1 is 1.05 bits per heavy atom. The molecule has 2 aliphatic rings. The van der Waals surface area contributed by atoms with Crippen LogP contribution in [0.4, 0.5) is 9.59 Å². The van der Waals surface area contributed by atoms with Crippen LogP contribution in [0.2, 0.25) is 0 Å². The summed E-state index contributed by atoms with van der Waals surface area (Å²) in [6, 6.07) is 14.8. The van der Waals surface area contributed by atoms with Crippen molar-refractivity contribution in [1.82, 2.24) is 4.57 Å². The van der Waals surface area contributed by atoms with Gasteiger partial charge in [0.1, 0.15) is 0 Å². The maximum absolute atomic E-state index is 12.0. The molecule has 19 heavy (non-hydrogen) atoms. The largest absolute Gasteiger partial charge is 0.427 e. The standard InChI is InChI=1S/C14H10N2O3/c15-13(17)19-14(18)16-11-6-2-1-4-9(11)8-10-5-3-7-12(10)16/h1-8H,(H2,15,17). The number of ether oxygens (including phenoxy) is 1. The smallest absolute Gasteiger partial charge is 0.359 e. The number of aromatic nitrogens is 1. The number of carbonyl (C=O) groups excluding carboxylic acids is 2. The number of nitrogens with two attached hydrogens (primary N) is 1. The van der Waals surface area contributed by atoms with Crippen molar-refractivity contribution in [1.29, 1.82) is 0 Å². The van der Waals surface area contributed by atoms with Crippen molar-refractivity contribution in [2.24, 2.45) is 5.73 Å². The molecule has 1 aromatic carbocycles. The molecule has 0 fully saturated rings. The lowest BCUT2D eigenvalue weighted by atomic mass is 10.1. The highest BCUT2D eigenvalue weighted by Gasteiger charge is 2.18. The van der Waals surface area contributed by atoms with Gasteiger partial charge in [-0.1, -0.05) is 30.3 Å². The minimum absolute atomic E-state index is 0.660. The summed E-state index contributed by atoms with van der Waals surface area (Å²) in [5.41, 5.74) is 7.12. The fraction of sp³-hybridized carbons (Fsp3) is 0. The SMILES string of the molecule is NC(=O)OC(=O)n1c2cccc-2cc2ccccc21. The van der Waals surface area contributed by atoms with Crippen molar-refractivity contribution in [3.05, 3.63) is 48.5 Å². The first-order valence-electron chi connectivity index (χ1n) is 5.67. The molecule has 5 heteroatoms. The number of para-hydroxylation sites is 1. The van der Waals surface area contributed by atoms with Gasteiger partial charge < -0.3 is 10.5 Å². The van der Waals surface area contributed by atoms with Gasteiger partial charge >= 0.3 is 12.2 Å². The molecule has 94 valence electrons. The number of nitrogens with zero attached hydrogens (tertiary/aromatic N) is 1. The van der Waals surface area contributed by atoms with Crippen molar-refractivity contribution in [3.8, 4) is 11.3 Å². The Kier molecular flexibility index (Phi) is 2.45. The highest BCUT2D eigenvalue weighted by atomic mass is 16.6. The molecule has 1 aliphatic carbocycles. The molecule has 2 N–H and O–H groups in total. The van der Waals surface area contributed by atoms with E-state index in [1.165, 1.54) is 4.57 Å². The Labute approximate surface area is 108 Å². The van der Waals surface area contributed by atoms with E-state index in [-0.39, 0.29) is 0 Å². The maximum Gasteiger partial charge on any atom is 0.427 e. The average Bonchev–Trinajstić information content (AvgIpc) is 2.82. The first-order valence-corrected chi connectivity index (χ1v) is 5.67. The Hall–Kier alpha value is -2.82. The number of hydrogen-bond donors (Lipinski definition) is 1. The summed E-state index contributed by atoms with van der Waals surface area (Å²) >= 11 is 0. The van der Waals surface area contributed by atoms with E-state index in [2.05, 4.69) is 4.74 Å². The first kappa shape index (κ1) is 11.3. The van der Waals surface area contributed by atoms with E-state index in [9.17, 15) is 9.59 Å². The Bertz CT molecular complexity index is 760. The summed E-state index contributed by atoms with van der Waals surface area (Å²) in [5.74, 6) is 0. The van der Waals surface area contributed by atoms with Crippen LogP contribution in [-0.4, -0.2) is 16.8 Å². The lowest BCUT2D eigenvalue weighted by Gasteiger charge is -2.14. The predicted molar refractivity (Wildman–Crippen MR) is 70.0 cm³/mol. The van der Waals surface area contributed by atoms with Crippen LogP contribution in [0, 0.1) is 0 Å². The third-order valence-corrected chi connectivity index (χ3v) is 2.93. The fourth-order valence-electron chi connectivity index (χ4n) is 2.19. The van der Waals surface area contributed by atoms with Crippen LogP contribution in [0.15, 0.2) is 48.5 Å². The second-order valence-electron chi connectivity index (χ2n) is 4.09. The van der Waals surface area contributed by atoms with Crippen molar-refractivity contribution in [2.45, 2.75) is 0 Å². The number of carbonyl (C=O) groups is 2. The van der Waals surface area contributed by atoms with Gasteiger partial charge in [0.2, 0.25) is 0 Å². The van der Waals surface area contributed by atoms with Gasteiger partial charge in [-0.3, -0.25) is 0 Å². The maximum atomic E-state index is 12.0. The molecule has 5 nitrogen and oxygen atoms in total. The van der Waals surface area contributed by atoms with Crippen LogP contribution in [0.3, 0.4) is 0 Å².